The summed E-state index contributed by atoms with van der Waals surface area (Å²) in [5.41, 5.74) is 0. The molecule has 2 unspecified atom stereocenters. The Morgan fingerprint density at radius 1 is 0.762 bits per heavy atom. The molecule has 1 rings (SSSR count). The van der Waals surface area contributed by atoms with Crippen LogP contribution >= 0.6 is 0 Å². The molecule has 1 saturated heterocycles. The van der Waals surface area contributed by atoms with Crippen LogP contribution in [0.5, 0.6) is 0 Å². The van der Waals surface area contributed by atoms with Crippen LogP contribution in [0.3, 0.4) is 0 Å². The van der Waals surface area contributed by atoms with Crippen molar-refractivity contribution in [2.24, 2.45) is 0 Å². The Morgan fingerprint density at radius 3 is 1.76 bits per heavy atom. The Morgan fingerprint density at radius 2 is 1.19 bits per heavy atom. The monoisotopic (exact) mass is 291 g/mol. The van der Waals surface area contributed by atoms with Gasteiger partial charge in [-0.15, -0.1) is 13.2 Å². The fraction of sp³-hybridized carbons (Fsp3) is 0.800. The van der Waals surface area contributed by atoms with Gasteiger partial charge in [-0.2, -0.15) is 0 Å². The molecule has 0 aromatic rings. The van der Waals surface area contributed by atoms with Crippen LogP contribution in [0.2, 0.25) is 0 Å². The van der Waals surface area contributed by atoms with Crippen LogP contribution in [0.25, 0.3) is 0 Å². The maximum absolute atomic E-state index is 3.81. The molecule has 1 aliphatic heterocycles. The maximum Gasteiger partial charge on any atom is 0.00957 e. The van der Waals surface area contributed by atoms with Gasteiger partial charge in [0.2, 0.25) is 0 Å². The third kappa shape index (κ3) is 7.85. The SMILES string of the molecule is C=CCCCCCCCC1CCC(CCCCC=C)N1C. The summed E-state index contributed by atoms with van der Waals surface area (Å²) in [5.74, 6) is 0. The minimum atomic E-state index is 0.854. The summed E-state index contributed by atoms with van der Waals surface area (Å²) in [7, 11) is 2.36. The number of allylic oxidation sites excluding steroid dienone is 2. The van der Waals surface area contributed by atoms with Gasteiger partial charge in [-0.3, -0.25) is 0 Å². The first-order valence-electron chi connectivity index (χ1n) is 9.23. The summed E-state index contributed by atoms with van der Waals surface area (Å²) >= 11 is 0. The van der Waals surface area contributed by atoms with Crippen molar-refractivity contribution in [1.82, 2.24) is 4.90 Å². The van der Waals surface area contributed by atoms with E-state index < -0.39 is 0 Å². The topological polar surface area (TPSA) is 3.24 Å². The Labute approximate surface area is 133 Å². The predicted molar refractivity (Wildman–Crippen MR) is 95.8 cm³/mol. The second-order valence-electron chi connectivity index (χ2n) is 6.76. The van der Waals surface area contributed by atoms with Crippen LogP contribution in [-0.4, -0.2) is 24.0 Å². The quantitative estimate of drug-likeness (QED) is 0.292. The zero-order valence-corrected chi connectivity index (χ0v) is 14.4. The Kier molecular flexibility index (Phi) is 10.6. The van der Waals surface area contributed by atoms with E-state index in [1.165, 1.54) is 83.5 Å². The van der Waals surface area contributed by atoms with Crippen molar-refractivity contribution in [2.45, 2.75) is 95.6 Å². The van der Waals surface area contributed by atoms with Crippen molar-refractivity contribution in [2.75, 3.05) is 7.05 Å². The molecule has 1 aliphatic rings. The van der Waals surface area contributed by atoms with Gasteiger partial charge in [-0.25, -0.2) is 0 Å². The average Bonchev–Trinajstić information content (AvgIpc) is 2.84. The van der Waals surface area contributed by atoms with Gasteiger partial charge in [0.1, 0.15) is 0 Å². The van der Waals surface area contributed by atoms with E-state index in [4.69, 9.17) is 0 Å². The van der Waals surface area contributed by atoms with Crippen LogP contribution < -0.4 is 0 Å². The number of likely N-dealkylation sites (tertiary alicyclic amines) is 1. The summed E-state index contributed by atoms with van der Waals surface area (Å²) in [5, 5.41) is 0. The second kappa shape index (κ2) is 12.0. The normalized spacial score (nSPS) is 22.5. The lowest BCUT2D eigenvalue weighted by Gasteiger charge is -2.26. The Balaban J connectivity index is 2.03. The van der Waals surface area contributed by atoms with Gasteiger partial charge < -0.3 is 4.90 Å². The molecule has 0 spiro atoms. The van der Waals surface area contributed by atoms with Gasteiger partial charge >= 0.3 is 0 Å². The molecule has 1 nitrogen and oxygen atoms in total. The Bertz CT molecular complexity index is 271. The zero-order chi connectivity index (χ0) is 15.3. The van der Waals surface area contributed by atoms with Crippen LogP contribution in [0.1, 0.15) is 83.5 Å². The maximum atomic E-state index is 3.81. The zero-order valence-electron chi connectivity index (χ0n) is 14.4. The van der Waals surface area contributed by atoms with E-state index in [2.05, 4.69) is 31.2 Å². The largest absolute Gasteiger partial charge is 0.300 e. The average molecular weight is 292 g/mol. The van der Waals surface area contributed by atoms with Gasteiger partial charge in [0.25, 0.3) is 0 Å². The summed E-state index contributed by atoms with van der Waals surface area (Å²) in [6.45, 7) is 7.59. The molecule has 21 heavy (non-hydrogen) atoms. The third-order valence-corrected chi connectivity index (χ3v) is 5.13. The van der Waals surface area contributed by atoms with E-state index in [9.17, 15) is 0 Å². The van der Waals surface area contributed by atoms with E-state index >= 15 is 0 Å². The van der Waals surface area contributed by atoms with Gasteiger partial charge in [-0.1, -0.05) is 44.3 Å². The number of hydrogen-bond donors (Lipinski definition) is 0. The van der Waals surface area contributed by atoms with Crippen molar-refractivity contribution >= 4 is 0 Å². The van der Waals surface area contributed by atoms with Crippen molar-refractivity contribution in [1.29, 1.82) is 0 Å². The van der Waals surface area contributed by atoms with Crippen LogP contribution in [0.15, 0.2) is 25.3 Å². The summed E-state index contributed by atoms with van der Waals surface area (Å²) < 4.78 is 0. The number of rotatable bonds is 13. The second-order valence-corrected chi connectivity index (χ2v) is 6.76. The molecule has 122 valence electrons. The van der Waals surface area contributed by atoms with Crippen LogP contribution in [0, 0.1) is 0 Å². The van der Waals surface area contributed by atoms with E-state index in [1.54, 1.807) is 0 Å². The molecular formula is C20H37N. The highest BCUT2D eigenvalue weighted by Gasteiger charge is 2.28. The lowest BCUT2D eigenvalue weighted by Crippen LogP contribution is -2.32. The summed E-state index contributed by atoms with van der Waals surface area (Å²) in [6.07, 6.45) is 21.8. The van der Waals surface area contributed by atoms with Crippen LogP contribution in [-0.2, 0) is 0 Å². The van der Waals surface area contributed by atoms with Crippen molar-refractivity contribution in [3.8, 4) is 0 Å². The van der Waals surface area contributed by atoms with Gasteiger partial charge in [0.15, 0.2) is 0 Å². The van der Waals surface area contributed by atoms with Crippen molar-refractivity contribution < 1.29 is 0 Å². The molecule has 2 atom stereocenters. The molecule has 0 saturated carbocycles. The minimum Gasteiger partial charge on any atom is -0.300 e. The van der Waals surface area contributed by atoms with E-state index in [1.807, 2.05) is 6.08 Å². The molecule has 1 fully saturated rings. The van der Waals surface area contributed by atoms with Gasteiger partial charge in [-0.05, 0) is 58.4 Å². The first-order valence-corrected chi connectivity index (χ1v) is 9.23. The van der Waals surface area contributed by atoms with Gasteiger partial charge in [0, 0.05) is 12.1 Å². The predicted octanol–water partition coefficient (Wildman–Crippen LogP) is 6.11. The molecule has 0 aromatic heterocycles. The lowest BCUT2D eigenvalue weighted by atomic mass is 10.0. The molecule has 0 N–H and O–H groups in total. The fourth-order valence-electron chi connectivity index (χ4n) is 3.65. The lowest BCUT2D eigenvalue weighted by molar-refractivity contribution is 0.216. The first-order chi connectivity index (χ1) is 10.3. The molecule has 0 aromatic carbocycles. The highest BCUT2D eigenvalue weighted by molar-refractivity contribution is 4.85. The number of unbranched alkanes of at least 4 members (excludes halogenated alkanes) is 7. The smallest absolute Gasteiger partial charge is 0.00957 e. The summed E-state index contributed by atoms with van der Waals surface area (Å²) in [6, 6.07) is 1.72. The highest BCUT2D eigenvalue weighted by Crippen LogP contribution is 2.29. The molecule has 0 bridgehead atoms. The van der Waals surface area contributed by atoms with Crippen LogP contribution in [0.4, 0.5) is 0 Å². The minimum absolute atomic E-state index is 0.854. The number of nitrogens with zero attached hydrogens (tertiary/aromatic N) is 1. The molecule has 0 aliphatic carbocycles. The van der Waals surface area contributed by atoms with Gasteiger partial charge in [0.05, 0.1) is 0 Å². The Hall–Kier alpha value is -0.560. The molecular weight excluding hydrogens is 254 g/mol. The van der Waals surface area contributed by atoms with E-state index in [-0.39, 0.29) is 0 Å². The first kappa shape index (κ1) is 18.5. The standard InChI is InChI=1S/C20H37N/c1-4-6-8-10-11-12-14-16-20-18-17-19(21(20)3)15-13-9-7-5-2/h4-5,19-20H,1-2,6-18H2,3H3. The van der Waals surface area contributed by atoms with Crippen molar-refractivity contribution in [3.63, 3.8) is 0 Å². The molecule has 1 heteroatoms. The highest BCUT2D eigenvalue weighted by atomic mass is 15.2. The van der Waals surface area contributed by atoms with E-state index in [0.717, 1.165) is 12.1 Å². The molecule has 1 heterocycles. The summed E-state index contributed by atoms with van der Waals surface area (Å²) in [4.78, 5) is 2.69. The number of hydrogen-bond acceptors (Lipinski definition) is 1. The fourth-order valence-corrected chi connectivity index (χ4v) is 3.65. The molecule has 0 radical (unpaired) electrons. The third-order valence-electron chi connectivity index (χ3n) is 5.13. The molecule has 0 amide bonds. The van der Waals surface area contributed by atoms with Crippen molar-refractivity contribution in [3.05, 3.63) is 25.3 Å². The van der Waals surface area contributed by atoms with E-state index in [0.29, 0.717) is 0 Å².